The largest absolute Gasteiger partial charge is 0.483 e. The van der Waals surface area contributed by atoms with Crippen LogP contribution in [0, 0.1) is 11.6 Å². The fourth-order valence-electron chi connectivity index (χ4n) is 3.16. The Bertz CT molecular complexity index is 990. The lowest BCUT2D eigenvalue weighted by atomic mass is 10.1. The molecule has 0 unspecified atom stereocenters. The first-order chi connectivity index (χ1) is 13.8. The summed E-state index contributed by atoms with van der Waals surface area (Å²) in [6, 6.07) is 9.76. The lowest BCUT2D eigenvalue weighted by Gasteiger charge is -2.34. The van der Waals surface area contributed by atoms with Gasteiger partial charge < -0.3 is 9.64 Å². The molecule has 2 aromatic carbocycles. The molecular weight excluding hydrogens is 402 g/mol. The molecule has 0 aromatic heterocycles. The number of halogens is 2. The SMILES string of the molecule is CCc1ccccc1OCC(=O)N1CCN(S(=O)(=O)c2cc(F)ccc2F)CC1. The molecule has 1 heterocycles. The Kier molecular flexibility index (Phi) is 6.49. The van der Waals surface area contributed by atoms with Crippen LogP contribution >= 0.6 is 0 Å². The Balaban J connectivity index is 1.60. The van der Waals surface area contributed by atoms with Gasteiger partial charge in [-0.05, 0) is 36.2 Å². The average Bonchev–Trinajstić information content (AvgIpc) is 2.73. The number of piperazine rings is 1. The van der Waals surface area contributed by atoms with Crippen LogP contribution in [0.2, 0.25) is 0 Å². The van der Waals surface area contributed by atoms with Crippen molar-refractivity contribution in [1.82, 2.24) is 9.21 Å². The molecule has 0 radical (unpaired) electrons. The summed E-state index contributed by atoms with van der Waals surface area (Å²) in [5.74, 6) is -1.45. The molecule has 0 saturated carbocycles. The Morgan fingerprint density at radius 1 is 1.07 bits per heavy atom. The summed E-state index contributed by atoms with van der Waals surface area (Å²) in [5.41, 5.74) is 0.994. The van der Waals surface area contributed by atoms with Gasteiger partial charge in [-0.2, -0.15) is 4.31 Å². The number of ether oxygens (including phenoxy) is 1. The van der Waals surface area contributed by atoms with Gasteiger partial charge in [0.2, 0.25) is 10.0 Å². The molecular formula is C20H22F2N2O4S. The number of rotatable bonds is 6. The number of aryl methyl sites for hydroxylation is 1. The number of nitrogens with zero attached hydrogens (tertiary/aromatic N) is 2. The van der Waals surface area contributed by atoms with E-state index in [1.807, 2.05) is 25.1 Å². The Hall–Kier alpha value is -2.52. The van der Waals surface area contributed by atoms with Crippen LogP contribution in [0.15, 0.2) is 47.4 Å². The van der Waals surface area contributed by atoms with E-state index in [2.05, 4.69) is 0 Å². The molecule has 2 aromatic rings. The van der Waals surface area contributed by atoms with Gasteiger partial charge in [-0.1, -0.05) is 25.1 Å². The van der Waals surface area contributed by atoms with Crippen LogP contribution in [0.5, 0.6) is 5.75 Å². The fraction of sp³-hybridized carbons (Fsp3) is 0.350. The van der Waals surface area contributed by atoms with E-state index in [-0.39, 0.29) is 38.7 Å². The molecule has 29 heavy (non-hydrogen) atoms. The first-order valence-electron chi connectivity index (χ1n) is 9.26. The monoisotopic (exact) mass is 424 g/mol. The van der Waals surface area contributed by atoms with Crippen molar-refractivity contribution in [2.45, 2.75) is 18.2 Å². The third-order valence-corrected chi connectivity index (χ3v) is 6.72. The van der Waals surface area contributed by atoms with Crippen LogP contribution in [0.1, 0.15) is 12.5 Å². The predicted octanol–water partition coefficient (Wildman–Crippen LogP) is 2.44. The van der Waals surface area contributed by atoms with Gasteiger partial charge in [0.1, 0.15) is 22.3 Å². The topological polar surface area (TPSA) is 66.9 Å². The van der Waals surface area contributed by atoms with Crippen molar-refractivity contribution in [2.75, 3.05) is 32.8 Å². The van der Waals surface area contributed by atoms with Crippen LogP contribution in [-0.4, -0.2) is 56.3 Å². The number of benzene rings is 2. The number of amides is 1. The first-order valence-corrected chi connectivity index (χ1v) is 10.7. The summed E-state index contributed by atoms with van der Waals surface area (Å²) in [5, 5.41) is 0. The second-order valence-corrected chi connectivity index (χ2v) is 8.52. The van der Waals surface area contributed by atoms with Crippen LogP contribution in [0.25, 0.3) is 0 Å². The highest BCUT2D eigenvalue weighted by molar-refractivity contribution is 7.89. The van der Waals surface area contributed by atoms with Gasteiger partial charge in [0.05, 0.1) is 0 Å². The zero-order valence-corrected chi connectivity index (χ0v) is 16.8. The van der Waals surface area contributed by atoms with E-state index in [9.17, 15) is 22.0 Å². The molecule has 6 nitrogen and oxygen atoms in total. The average molecular weight is 424 g/mol. The van der Waals surface area contributed by atoms with E-state index in [1.165, 1.54) is 4.90 Å². The maximum Gasteiger partial charge on any atom is 0.260 e. The van der Waals surface area contributed by atoms with E-state index in [0.29, 0.717) is 11.8 Å². The molecule has 0 N–H and O–H groups in total. The maximum absolute atomic E-state index is 13.9. The second kappa shape index (κ2) is 8.87. The number of hydrogen-bond donors (Lipinski definition) is 0. The quantitative estimate of drug-likeness (QED) is 0.715. The number of carbonyl (C=O) groups is 1. The lowest BCUT2D eigenvalue weighted by Crippen LogP contribution is -2.51. The van der Waals surface area contributed by atoms with E-state index < -0.39 is 26.6 Å². The van der Waals surface area contributed by atoms with Gasteiger partial charge in [0, 0.05) is 26.2 Å². The molecule has 0 bridgehead atoms. The standard InChI is InChI=1S/C20H22F2N2O4S/c1-2-15-5-3-4-6-18(15)28-14-20(25)23-9-11-24(12-10-23)29(26,27)19-13-16(21)7-8-17(19)22/h3-8,13H,2,9-12,14H2,1H3. The van der Waals surface area contributed by atoms with Crippen molar-refractivity contribution in [3.63, 3.8) is 0 Å². The van der Waals surface area contributed by atoms with Gasteiger partial charge >= 0.3 is 0 Å². The molecule has 0 atom stereocenters. The number of hydrogen-bond acceptors (Lipinski definition) is 4. The third kappa shape index (κ3) is 4.73. The fourth-order valence-corrected chi connectivity index (χ4v) is 4.66. The van der Waals surface area contributed by atoms with Gasteiger partial charge in [-0.15, -0.1) is 0 Å². The minimum Gasteiger partial charge on any atom is -0.483 e. The minimum atomic E-state index is -4.18. The Morgan fingerprint density at radius 3 is 2.45 bits per heavy atom. The van der Waals surface area contributed by atoms with Crippen molar-refractivity contribution in [3.05, 3.63) is 59.7 Å². The molecule has 0 aliphatic carbocycles. The summed E-state index contributed by atoms with van der Waals surface area (Å²) >= 11 is 0. The van der Waals surface area contributed by atoms with Crippen molar-refractivity contribution < 1.29 is 26.7 Å². The van der Waals surface area contributed by atoms with Crippen molar-refractivity contribution in [1.29, 1.82) is 0 Å². The van der Waals surface area contributed by atoms with Crippen LogP contribution in [0.4, 0.5) is 8.78 Å². The van der Waals surface area contributed by atoms with Crippen LogP contribution in [-0.2, 0) is 21.2 Å². The van der Waals surface area contributed by atoms with Gasteiger partial charge in [0.15, 0.2) is 6.61 Å². The van der Waals surface area contributed by atoms with Gasteiger partial charge in [0.25, 0.3) is 5.91 Å². The normalized spacial score (nSPS) is 15.3. The molecule has 1 fully saturated rings. The highest BCUT2D eigenvalue weighted by Gasteiger charge is 2.32. The number of sulfonamides is 1. The number of para-hydroxylation sites is 1. The van der Waals surface area contributed by atoms with Gasteiger partial charge in [-0.3, -0.25) is 4.79 Å². The minimum absolute atomic E-state index is 0.00439. The highest BCUT2D eigenvalue weighted by Crippen LogP contribution is 2.22. The first kappa shape index (κ1) is 21.2. The molecule has 1 saturated heterocycles. The summed E-state index contributed by atoms with van der Waals surface area (Å²) in [4.78, 5) is 13.2. The van der Waals surface area contributed by atoms with E-state index in [4.69, 9.17) is 4.74 Å². The molecule has 156 valence electrons. The highest BCUT2D eigenvalue weighted by atomic mass is 32.2. The van der Waals surface area contributed by atoms with Gasteiger partial charge in [-0.25, -0.2) is 17.2 Å². The molecule has 1 aliphatic rings. The van der Waals surface area contributed by atoms with Crippen molar-refractivity contribution in [3.8, 4) is 5.75 Å². The lowest BCUT2D eigenvalue weighted by molar-refractivity contribution is -0.134. The predicted molar refractivity (Wildman–Crippen MR) is 103 cm³/mol. The van der Waals surface area contributed by atoms with Crippen molar-refractivity contribution >= 4 is 15.9 Å². The van der Waals surface area contributed by atoms with Crippen molar-refractivity contribution in [2.24, 2.45) is 0 Å². The maximum atomic E-state index is 13.9. The Labute approximate surface area is 168 Å². The van der Waals surface area contributed by atoms with E-state index >= 15 is 0 Å². The zero-order chi connectivity index (χ0) is 21.0. The van der Waals surface area contributed by atoms with Crippen LogP contribution in [0.3, 0.4) is 0 Å². The molecule has 1 amide bonds. The zero-order valence-electron chi connectivity index (χ0n) is 16.0. The third-order valence-electron chi connectivity index (χ3n) is 4.81. The molecule has 1 aliphatic heterocycles. The summed E-state index contributed by atoms with van der Waals surface area (Å²) in [6.45, 7) is 2.13. The summed E-state index contributed by atoms with van der Waals surface area (Å²) in [6.07, 6.45) is 0.775. The Morgan fingerprint density at radius 2 is 1.76 bits per heavy atom. The second-order valence-electron chi connectivity index (χ2n) is 6.61. The number of carbonyl (C=O) groups excluding carboxylic acids is 1. The van der Waals surface area contributed by atoms with E-state index in [0.717, 1.165) is 28.4 Å². The van der Waals surface area contributed by atoms with E-state index in [1.54, 1.807) is 6.07 Å². The molecule has 0 spiro atoms. The molecule has 3 rings (SSSR count). The summed E-state index contributed by atoms with van der Waals surface area (Å²) < 4.78 is 59.2. The van der Waals surface area contributed by atoms with Crippen LogP contribution < -0.4 is 4.74 Å². The molecule has 9 heteroatoms. The smallest absolute Gasteiger partial charge is 0.260 e. The summed E-state index contributed by atoms with van der Waals surface area (Å²) in [7, 11) is -4.18.